The monoisotopic (exact) mass is 400 g/mol. The number of carbonyl (C=O) groups excluding carboxylic acids is 1. The minimum absolute atomic E-state index is 0.133. The molecule has 160 valence electrons. The molecule has 0 saturated carbocycles. The van der Waals surface area contributed by atoms with Crippen LogP contribution in [0.2, 0.25) is 0 Å². The average Bonchev–Trinajstić information content (AvgIpc) is 3.39. The van der Waals surface area contributed by atoms with Gasteiger partial charge in [-0.2, -0.15) is 0 Å². The van der Waals surface area contributed by atoms with Crippen LogP contribution >= 0.6 is 0 Å². The summed E-state index contributed by atoms with van der Waals surface area (Å²) in [5.74, 6) is 1.57. The second kappa shape index (κ2) is 10.1. The summed E-state index contributed by atoms with van der Waals surface area (Å²) in [6.45, 7) is 11.7. The van der Waals surface area contributed by atoms with Crippen LogP contribution < -0.4 is 10.6 Å². The van der Waals surface area contributed by atoms with Crippen molar-refractivity contribution in [1.82, 2.24) is 30.1 Å². The molecule has 29 heavy (non-hydrogen) atoms. The van der Waals surface area contributed by atoms with Gasteiger partial charge in [-0.25, -0.2) is 4.79 Å². The number of amides is 2. The Bertz CT molecular complexity index is 776. The van der Waals surface area contributed by atoms with E-state index in [2.05, 4.69) is 53.4 Å². The van der Waals surface area contributed by atoms with Gasteiger partial charge >= 0.3 is 6.03 Å². The van der Waals surface area contributed by atoms with Crippen molar-refractivity contribution in [2.24, 2.45) is 11.8 Å². The van der Waals surface area contributed by atoms with Gasteiger partial charge in [-0.05, 0) is 49.9 Å². The van der Waals surface area contributed by atoms with Crippen LogP contribution in [0, 0.1) is 11.8 Å². The Morgan fingerprint density at radius 1 is 1.14 bits per heavy atom. The van der Waals surface area contributed by atoms with Gasteiger partial charge in [0.25, 0.3) is 0 Å². The van der Waals surface area contributed by atoms with E-state index in [9.17, 15) is 4.79 Å². The van der Waals surface area contributed by atoms with Gasteiger partial charge in [0.05, 0.1) is 6.04 Å². The number of aromatic nitrogens is 3. The number of hydrogen-bond donors (Lipinski definition) is 2. The molecule has 1 fully saturated rings. The number of pyridine rings is 1. The highest BCUT2D eigenvalue weighted by molar-refractivity contribution is 5.74. The Kier molecular flexibility index (Phi) is 7.47. The van der Waals surface area contributed by atoms with Crippen molar-refractivity contribution in [3.05, 3.63) is 30.2 Å². The molecular weight excluding hydrogens is 364 g/mol. The van der Waals surface area contributed by atoms with Crippen LogP contribution in [0.4, 0.5) is 4.79 Å². The quantitative estimate of drug-likeness (QED) is 0.674. The highest BCUT2D eigenvalue weighted by atomic mass is 16.2. The lowest BCUT2D eigenvalue weighted by atomic mass is 9.93. The number of likely N-dealkylation sites (tertiary alicyclic amines) is 1. The van der Waals surface area contributed by atoms with E-state index in [1.807, 2.05) is 28.8 Å². The van der Waals surface area contributed by atoms with E-state index in [4.69, 9.17) is 0 Å². The number of nitrogens with zero attached hydrogens (tertiary/aromatic N) is 4. The molecule has 0 aromatic carbocycles. The summed E-state index contributed by atoms with van der Waals surface area (Å²) in [5.41, 5.74) is 0.790. The molecule has 7 heteroatoms. The predicted octanol–water partition coefficient (Wildman–Crippen LogP) is 3.63. The molecule has 0 aliphatic carbocycles. The van der Waals surface area contributed by atoms with Gasteiger partial charge in [0.15, 0.2) is 11.5 Å². The van der Waals surface area contributed by atoms with Gasteiger partial charge < -0.3 is 10.6 Å². The van der Waals surface area contributed by atoms with Gasteiger partial charge in [-0.1, -0.05) is 46.6 Å². The summed E-state index contributed by atoms with van der Waals surface area (Å²) in [5, 5.41) is 14.9. The first-order valence-electron chi connectivity index (χ1n) is 11.1. The fourth-order valence-corrected chi connectivity index (χ4v) is 4.49. The molecule has 1 saturated heterocycles. The highest BCUT2D eigenvalue weighted by Crippen LogP contribution is 2.23. The van der Waals surface area contributed by atoms with Crippen molar-refractivity contribution >= 4 is 11.7 Å². The van der Waals surface area contributed by atoms with Crippen molar-refractivity contribution in [1.29, 1.82) is 0 Å². The third kappa shape index (κ3) is 5.07. The number of carbonyl (C=O) groups is 1. The third-order valence-corrected chi connectivity index (χ3v) is 6.25. The second-order valence-corrected chi connectivity index (χ2v) is 8.45. The maximum absolute atomic E-state index is 12.8. The summed E-state index contributed by atoms with van der Waals surface area (Å²) in [6, 6.07) is 5.88. The van der Waals surface area contributed by atoms with Crippen LogP contribution in [0.15, 0.2) is 24.4 Å². The molecule has 0 bridgehead atoms. The maximum Gasteiger partial charge on any atom is 0.315 e. The number of urea groups is 1. The summed E-state index contributed by atoms with van der Waals surface area (Å²) in [6.07, 6.45) is 6.75. The average molecular weight is 401 g/mol. The molecule has 2 amide bonds. The van der Waals surface area contributed by atoms with Crippen molar-refractivity contribution < 1.29 is 4.79 Å². The van der Waals surface area contributed by atoms with E-state index in [-0.39, 0.29) is 18.0 Å². The summed E-state index contributed by atoms with van der Waals surface area (Å²) < 4.78 is 1.95. The number of fused-ring (bicyclic) bond motifs is 1. The number of hydrogen-bond acceptors (Lipinski definition) is 4. The van der Waals surface area contributed by atoms with E-state index in [0.717, 1.165) is 37.4 Å². The van der Waals surface area contributed by atoms with Crippen molar-refractivity contribution in [2.75, 3.05) is 19.6 Å². The molecule has 3 heterocycles. The Labute approximate surface area is 174 Å². The van der Waals surface area contributed by atoms with Gasteiger partial charge in [-0.3, -0.25) is 9.30 Å². The van der Waals surface area contributed by atoms with Crippen LogP contribution in [0.3, 0.4) is 0 Å². The molecule has 2 N–H and O–H groups in total. The van der Waals surface area contributed by atoms with Crippen LogP contribution in [0.5, 0.6) is 0 Å². The van der Waals surface area contributed by atoms with E-state index < -0.39 is 0 Å². The SMILES string of the molecule is CCC(CC)C(CNC(=O)NC(c1nnc2ccccn12)C(C)C)N1CCCC1. The maximum atomic E-state index is 12.8. The summed E-state index contributed by atoms with van der Waals surface area (Å²) >= 11 is 0. The first-order chi connectivity index (χ1) is 14.0. The van der Waals surface area contributed by atoms with Gasteiger partial charge in [0.2, 0.25) is 0 Å². The summed E-state index contributed by atoms with van der Waals surface area (Å²) in [4.78, 5) is 15.4. The minimum atomic E-state index is -0.203. The minimum Gasteiger partial charge on any atom is -0.337 e. The van der Waals surface area contributed by atoms with Crippen molar-refractivity contribution in [2.45, 2.75) is 65.5 Å². The lowest BCUT2D eigenvalue weighted by Gasteiger charge is -2.34. The largest absolute Gasteiger partial charge is 0.337 e. The number of nitrogens with one attached hydrogen (secondary N) is 2. The van der Waals surface area contributed by atoms with Crippen molar-refractivity contribution in [3.63, 3.8) is 0 Å². The molecule has 2 atom stereocenters. The standard InChI is InChI=1S/C22H36N6O/c1-5-17(6-2)18(27-12-9-10-13-27)15-23-22(29)24-20(16(3)4)21-26-25-19-11-7-8-14-28(19)21/h7-8,11,14,16-18,20H,5-6,9-10,12-13,15H2,1-4H3,(H2,23,24,29). The Morgan fingerprint density at radius 2 is 1.86 bits per heavy atom. The fraction of sp³-hybridized carbons (Fsp3) is 0.682. The molecule has 2 aromatic heterocycles. The van der Waals surface area contributed by atoms with E-state index >= 15 is 0 Å². The fourth-order valence-electron chi connectivity index (χ4n) is 4.49. The molecule has 7 nitrogen and oxygen atoms in total. The van der Waals surface area contributed by atoms with Crippen LogP contribution in [-0.2, 0) is 0 Å². The molecule has 0 radical (unpaired) electrons. The van der Waals surface area contributed by atoms with Gasteiger partial charge in [0, 0.05) is 18.8 Å². The van der Waals surface area contributed by atoms with Gasteiger partial charge in [0.1, 0.15) is 0 Å². The summed E-state index contributed by atoms with van der Waals surface area (Å²) in [7, 11) is 0. The first-order valence-corrected chi connectivity index (χ1v) is 11.1. The molecular formula is C22H36N6O. The topological polar surface area (TPSA) is 74.6 Å². The zero-order chi connectivity index (χ0) is 20.8. The van der Waals surface area contributed by atoms with E-state index in [0.29, 0.717) is 18.5 Å². The molecule has 2 unspecified atom stereocenters. The molecule has 1 aliphatic rings. The van der Waals surface area contributed by atoms with E-state index in [1.165, 1.54) is 12.8 Å². The Balaban J connectivity index is 1.66. The first kappa shape index (κ1) is 21.6. The molecule has 0 spiro atoms. The normalized spacial score (nSPS) is 17.2. The zero-order valence-electron chi connectivity index (χ0n) is 18.3. The molecule has 3 rings (SSSR count). The smallest absolute Gasteiger partial charge is 0.315 e. The highest BCUT2D eigenvalue weighted by Gasteiger charge is 2.29. The Hall–Kier alpha value is -2.15. The number of rotatable bonds is 9. The molecule has 2 aromatic rings. The second-order valence-electron chi connectivity index (χ2n) is 8.45. The molecule has 1 aliphatic heterocycles. The van der Waals surface area contributed by atoms with E-state index in [1.54, 1.807) is 0 Å². The zero-order valence-corrected chi connectivity index (χ0v) is 18.3. The third-order valence-electron chi connectivity index (χ3n) is 6.25. The lowest BCUT2D eigenvalue weighted by Crippen LogP contribution is -2.49. The Morgan fingerprint density at radius 3 is 2.52 bits per heavy atom. The van der Waals surface area contributed by atoms with Crippen LogP contribution in [-0.4, -0.2) is 51.2 Å². The predicted molar refractivity (Wildman–Crippen MR) is 116 cm³/mol. The van der Waals surface area contributed by atoms with Crippen LogP contribution in [0.25, 0.3) is 5.65 Å². The van der Waals surface area contributed by atoms with Crippen molar-refractivity contribution in [3.8, 4) is 0 Å². The van der Waals surface area contributed by atoms with Gasteiger partial charge in [-0.15, -0.1) is 10.2 Å². The lowest BCUT2D eigenvalue weighted by molar-refractivity contribution is 0.161. The van der Waals surface area contributed by atoms with Crippen LogP contribution in [0.1, 0.15) is 65.2 Å².